The van der Waals surface area contributed by atoms with Gasteiger partial charge in [0.05, 0.1) is 30.4 Å². The maximum Gasteiger partial charge on any atom is 0.255 e. The van der Waals surface area contributed by atoms with Crippen molar-refractivity contribution in [2.24, 2.45) is 0 Å². The number of carbonyl (C=O) groups excluding carboxylic acids is 1. The maximum absolute atomic E-state index is 13.2. The van der Waals surface area contributed by atoms with Crippen LogP contribution in [0.25, 0.3) is 22.3 Å². The van der Waals surface area contributed by atoms with Crippen LogP contribution in [-0.2, 0) is 6.54 Å². The number of aromatic nitrogens is 3. The number of carbonyl (C=O) groups is 1. The van der Waals surface area contributed by atoms with Gasteiger partial charge in [-0.1, -0.05) is 16.8 Å². The molecular formula is C25H24ClN5O3. The molecule has 0 atom stereocenters. The van der Waals surface area contributed by atoms with Gasteiger partial charge in [-0.25, -0.2) is 0 Å². The van der Waals surface area contributed by atoms with E-state index >= 15 is 0 Å². The Morgan fingerprint density at radius 2 is 1.82 bits per heavy atom. The van der Waals surface area contributed by atoms with Gasteiger partial charge in [0, 0.05) is 48.2 Å². The molecule has 2 aromatic carbocycles. The van der Waals surface area contributed by atoms with E-state index in [0.29, 0.717) is 47.6 Å². The standard InChI is InChI=1S/C25H24ClN5O3/c1-16-21(13-18-5-8-20(33-2)14-22(18)27-16)25(32)31-11-9-30(10-12-31)15-23-28-24(29-34-23)17-3-6-19(26)7-4-17/h3-8,13-14H,9-12,15H2,1-2H3. The Bertz CT molecular complexity index is 1330. The lowest BCUT2D eigenvalue weighted by Crippen LogP contribution is -2.48. The van der Waals surface area contributed by atoms with E-state index in [0.717, 1.165) is 35.3 Å². The summed E-state index contributed by atoms with van der Waals surface area (Å²) in [5.74, 6) is 1.84. The van der Waals surface area contributed by atoms with E-state index < -0.39 is 0 Å². The average molecular weight is 478 g/mol. The molecule has 1 fully saturated rings. The predicted octanol–water partition coefficient (Wildman–Crippen LogP) is 4.21. The topological polar surface area (TPSA) is 84.6 Å². The number of hydrogen-bond acceptors (Lipinski definition) is 7. The molecule has 3 heterocycles. The highest BCUT2D eigenvalue weighted by Gasteiger charge is 2.25. The van der Waals surface area contributed by atoms with E-state index in [9.17, 15) is 4.79 Å². The lowest BCUT2D eigenvalue weighted by molar-refractivity contribution is 0.0614. The minimum Gasteiger partial charge on any atom is -0.497 e. The van der Waals surface area contributed by atoms with Crippen molar-refractivity contribution in [2.45, 2.75) is 13.5 Å². The molecule has 4 aromatic rings. The van der Waals surface area contributed by atoms with Gasteiger partial charge in [-0.3, -0.25) is 14.7 Å². The number of benzene rings is 2. The van der Waals surface area contributed by atoms with Gasteiger partial charge < -0.3 is 14.2 Å². The number of rotatable bonds is 5. The molecule has 0 aliphatic carbocycles. The molecule has 0 radical (unpaired) electrons. The van der Waals surface area contributed by atoms with E-state index in [-0.39, 0.29) is 5.91 Å². The number of fused-ring (bicyclic) bond motifs is 1. The lowest BCUT2D eigenvalue weighted by Gasteiger charge is -2.34. The molecule has 8 nitrogen and oxygen atoms in total. The molecule has 1 aliphatic heterocycles. The molecule has 34 heavy (non-hydrogen) atoms. The van der Waals surface area contributed by atoms with Crippen LogP contribution in [0, 0.1) is 6.92 Å². The van der Waals surface area contributed by atoms with Crippen molar-refractivity contribution >= 4 is 28.4 Å². The first-order chi connectivity index (χ1) is 16.5. The molecule has 0 bridgehead atoms. The Balaban J connectivity index is 1.22. The average Bonchev–Trinajstić information content (AvgIpc) is 3.32. The van der Waals surface area contributed by atoms with E-state index in [1.165, 1.54) is 0 Å². The van der Waals surface area contributed by atoms with Gasteiger partial charge in [0.1, 0.15) is 5.75 Å². The monoisotopic (exact) mass is 477 g/mol. The number of hydrogen-bond donors (Lipinski definition) is 0. The maximum atomic E-state index is 13.2. The number of methoxy groups -OCH3 is 1. The number of halogens is 1. The third-order valence-electron chi connectivity index (χ3n) is 6.03. The van der Waals surface area contributed by atoms with Crippen LogP contribution in [0.4, 0.5) is 0 Å². The summed E-state index contributed by atoms with van der Waals surface area (Å²) in [5, 5.41) is 5.65. The largest absolute Gasteiger partial charge is 0.497 e. The van der Waals surface area contributed by atoms with Crippen LogP contribution >= 0.6 is 11.6 Å². The van der Waals surface area contributed by atoms with Crippen LogP contribution in [-0.4, -0.2) is 64.1 Å². The normalized spacial score (nSPS) is 14.5. The quantitative estimate of drug-likeness (QED) is 0.425. The van der Waals surface area contributed by atoms with E-state index in [1.807, 2.05) is 48.2 Å². The summed E-state index contributed by atoms with van der Waals surface area (Å²) in [4.78, 5) is 26.4. The molecule has 0 N–H and O–H groups in total. The molecule has 9 heteroatoms. The molecule has 174 valence electrons. The molecule has 1 saturated heterocycles. The van der Waals surface area contributed by atoms with Gasteiger partial charge in [0.15, 0.2) is 0 Å². The Hall–Kier alpha value is -3.49. The Morgan fingerprint density at radius 1 is 1.06 bits per heavy atom. The summed E-state index contributed by atoms with van der Waals surface area (Å²) in [6.07, 6.45) is 0. The second kappa shape index (κ2) is 9.40. The van der Waals surface area contributed by atoms with Crippen LogP contribution in [0.2, 0.25) is 5.02 Å². The van der Waals surface area contributed by atoms with Gasteiger partial charge >= 0.3 is 0 Å². The van der Waals surface area contributed by atoms with Crippen molar-refractivity contribution in [3.05, 3.63) is 70.7 Å². The number of aryl methyl sites for hydroxylation is 1. The first kappa shape index (κ1) is 22.3. The Labute approximate surface area is 202 Å². The number of amides is 1. The first-order valence-corrected chi connectivity index (χ1v) is 11.4. The molecule has 5 rings (SSSR count). The van der Waals surface area contributed by atoms with E-state index in [2.05, 4.69) is 20.0 Å². The van der Waals surface area contributed by atoms with Gasteiger partial charge in [-0.2, -0.15) is 4.98 Å². The Kier molecular flexibility index (Phi) is 6.17. The van der Waals surface area contributed by atoms with Gasteiger partial charge in [0.2, 0.25) is 11.7 Å². The summed E-state index contributed by atoms with van der Waals surface area (Å²) in [7, 11) is 1.63. The lowest BCUT2D eigenvalue weighted by atomic mass is 10.1. The molecule has 0 unspecified atom stereocenters. The predicted molar refractivity (Wildman–Crippen MR) is 129 cm³/mol. The van der Waals surface area contributed by atoms with E-state index in [1.54, 1.807) is 19.2 Å². The van der Waals surface area contributed by atoms with Gasteiger partial charge in [-0.05, 0) is 49.4 Å². The third kappa shape index (κ3) is 4.60. The third-order valence-corrected chi connectivity index (χ3v) is 6.29. The zero-order chi connectivity index (χ0) is 23.7. The second-order valence-corrected chi connectivity index (χ2v) is 8.70. The van der Waals surface area contributed by atoms with Crippen molar-refractivity contribution in [1.29, 1.82) is 0 Å². The van der Waals surface area contributed by atoms with Crippen molar-refractivity contribution in [1.82, 2.24) is 24.9 Å². The highest BCUT2D eigenvalue weighted by Crippen LogP contribution is 2.23. The fraction of sp³-hybridized carbons (Fsp3) is 0.280. The van der Waals surface area contributed by atoms with Gasteiger partial charge in [0.25, 0.3) is 5.91 Å². The smallest absolute Gasteiger partial charge is 0.255 e. The number of ether oxygens (including phenoxy) is 1. The summed E-state index contributed by atoms with van der Waals surface area (Å²) >= 11 is 5.94. The van der Waals surface area contributed by atoms with Crippen molar-refractivity contribution in [3.8, 4) is 17.1 Å². The summed E-state index contributed by atoms with van der Waals surface area (Å²) in [5.41, 5.74) is 3.02. The second-order valence-electron chi connectivity index (χ2n) is 8.27. The highest BCUT2D eigenvalue weighted by molar-refractivity contribution is 6.30. The molecule has 1 aliphatic rings. The minimum absolute atomic E-state index is 0.00480. The first-order valence-electron chi connectivity index (χ1n) is 11.1. The van der Waals surface area contributed by atoms with Crippen LogP contribution in [0.5, 0.6) is 5.75 Å². The molecule has 0 spiro atoms. The van der Waals surface area contributed by atoms with Crippen LogP contribution in [0.3, 0.4) is 0 Å². The van der Waals surface area contributed by atoms with Crippen molar-refractivity contribution < 1.29 is 14.1 Å². The highest BCUT2D eigenvalue weighted by atomic mass is 35.5. The van der Waals surface area contributed by atoms with Crippen LogP contribution < -0.4 is 4.74 Å². The minimum atomic E-state index is 0.00480. The molecule has 1 amide bonds. The fourth-order valence-corrected chi connectivity index (χ4v) is 4.22. The summed E-state index contributed by atoms with van der Waals surface area (Å²) < 4.78 is 10.7. The zero-order valence-corrected chi connectivity index (χ0v) is 19.7. The van der Waals surface area contributed by atoms with Crippen molar-refractivity contribution in [2.75, 3.05) is 33.3 Å². The zero-order valence-electron chi connectivity index (χ0n) is 19.0. The summed E-state index contributed by atoms with van der Waals surface area (Å²) in [6.45, 7) is 5.11. The molecule has 0 saturated carbocycles. The van der Waals surface area contributed by atoms with E-state index in [4.69, 9.17) is 20.9 Å². The Morgan fingerprint density at radius 3 is 2.56 bits per heavy atom. The van der Waals surface area contributed by atoms with Crippen LogP contribution in [0.15, 0.2) is 53.1 Å². The molecular weight excluding hydrogens is 454 g/mol. The van der Waals surface area contributed by atoms with Crippen molar-refractivity contribution in [3.63, 3.8) is 0 Å². The number of nitrogens with zero attached hydrogens (tertiary/aromatic N) is 5. The number of piperazine rings is 1. The number of pyridine rings is 1. The van der Waals surface area contributed by atoms with Crippen LogP contribution in [0.1, 0.15) is 21.9 Å². The SMILES string of the molecule is COc1ccc2cc(C(=O)N3CCN(Cc4nc(-c5ccc(Cl)cc5)no4)CC3)c(C)nc2c1. The van der Waals surface area contributed by atoms with Gasteiger partial charge in [-0.15, -0.1) is 0 Å². The fourth-order valence-electron chi connectivity index (χ4n) is 4.09. The summed E-state index contributed by atoms with van der Waals surface area (Å²) in [6, 6.07) is 14.9. The molecule has 2 aromatic heterocycles.